The zero-order chi connectivity index (χ0) is 11.0. The molecule has 8 heteroatoms. The first-order valence-electron chi connectivity index (χ1n) is 3.10. The third-order valence-corrected chi connectivity index (χ3v) is 1.41. The first-order chi connectivity index (χ1) is 6.37. The van der Waals surface area contributed by atoms with Gasteiger partial charge in [-0.1, -0.05) is 0 Å². The van der Waals surface area contributed by atoms with E-state index in [1.54, 1.807) is 0 Å². The van der Waals surface area contributed by atoms with Gasteiger partial charge in [-0.3, -0.25) is 0 Å². The van der Waals surface area contributed by atoms with E-state index in [0.29, 0.717) is 0 Å². The number of benzene rings is 1. The van der Waals surface area contributed by atoms with Crippen molar-refractivity contribution in [3.63, 3.8) is 0 Å². The molecule has 0 aromatic heterocycles. The van der Waals surface area contributed by atoms with E-state index in [-0.39, 0.29) is 51.4 Å². The number of carbonyl (C=O) groups excluding carboxylic acids is 1. The van der Waals surface area contributed by atoms with E-state index in [2.05, 4.69) is 0 Å². The summed E-state index contributed by atoms with van der Waals surface area (Å²) < 4.78 is 62.0. The van der Waals surface area contributed by atoms with Gasteiger partial charge >= 0.3 is 51.4 Å². The van der Waals surface area contributed by atoms with Crippen LogP contribution in [0.25, 0.3) is 0 Å². The van der Waals surface area contributed by atoms with Crippen molar-refractivity contribution in [2.75, 3.05) is 0 Å². The standard InChI is InChI=1S/C7HF5O2.K/c8-2-1(7(13)14)3(9)5(11)6(12)4(2)10;/h(H,13,14);/q;+1/p-1. The van der Waals surface area contributed by atoms with Gasteiger partial charge in [-0.2, -0.15) is 0 Å². The molecule has 0 fully saturated rings. The van der Waals surface area contributed by atoms with Crippen LogP contribution in [0, 0.1) is 29.1 Å². The first-order valence-corrected chi connectivity index (χ1v) is 3.10. The predicted molar refractivity (Wildman–Crippen MR) is 30.6 cm³/mol. The van der Waals surface area contributed by atoms with Crippen LogP contribution in [0.2, 0.25) is 0 Å². The first kappa shape index (κ1) is 15.0. The Morgan fingerprint density at radius 2 is 1.07 bits per heavy atom. The largest absolute Gasteiger partial charge is 1.00 e. The monoisotopic (exact) mass is 250 g/mol. The van der Waals surface area contributed by atoms with Crippen LogP contribution in [0.5, 0.6) is 0 Å². The summed E-state index contributed by atoms with van der Waals surface area (Å²) in [6.45, 7) is 0. The van der Waals surface area contributed by atoms with Crippen molar-refractivity contribution < 1.29 is 83.2 Å². The van der Waals surface area contributed by atoms with E-state index in [4.69, 9.17) is 0 Å². The third kappa shape index (κ3) is 2.56. The van der Waals surface area contributed by atoms with E-state index < -0.39 is 40.6 Å². The van der Waals surface area contributed by atoms with Crippen molar-refractivity contribution in [1.82, 2.24) is 0 Å². The van der Waals surface area contributed by atoms with Crippen molar-refractivity contribution in [3.8, 4) is 0 Å². The van der Waals surface area contributed by atoms with Crippen molar-refractivity contribution in [3.05, 3.63) is 34.6 Å². The molecule has 1 rings (SSSR count). The molecule has 15 heavy (non-hydrogen) atoms. The van der Waals surface area contributed by atoms with E-state index >= 15 is 0 Å². The molecule has 0 bridgehead atoms. The van der Waals surface area contributed by atoms with Crippen molar-refractivity contribution in [1.29, 1.82) is 0 Å². The molecule has 1 aromatic carbocycles. The van der Waals surface area contributed by atoms with Crippen LogP contribution in [0.4, 0.5) is 22.0 Å². The molecule has 76 valence electrons. The summed E-state index contributed by atoms with van der Waals surface area (Å²) in [4.78, 5) is 10.0. The quantitative estimate of drug-likeness (QED) is 0.244. The second-order valence-corrected chi connectivity index (χ2v) is 2.23. The molecule has 0 atom stereocenters. The molecule has 0 aliphatic heterocycles. The molecule has 0 unspecified atom stereocenters. The Labute approximate surface area is 123 Å². The second-order valence-electron chi connectivity index (χ2n) is 2.23. The average molecular weight is 250 g/mol. The van der Waals surface area contributed by atoms with Crippen LogP contribution < -0.4 is 56.5 Å². The number of hydrogen-bond acceptors (Lipinski definition) is 2. The molecule has 0 spiro atoms. The van der Waals surface area contributed by atoms with Crippen molar-refractivity contribution in [2.24, 2.45) is 0 Å². The van der Waals surface area contributed by atoms with Crippen LogP contribution in [0.15, 0.2) is 0 Å². The van der Waals surface area contributed by atoms with Gasteiger partial charge in [0.2, 0.25) is 5.82 Å². The predicted octanol–water partition coefficient (Wildman–Crippen LogP) is -2.25. The van der Waals surface area contributed by atoms with E-state index in [0.717, 1.165) is 0 Å². The normalized spacial score (nSPS) is 9.67. The molecular formula is C7F5KO2. The zero-order valence-electron chi connectivity index (χ0n) is 7.21. The van der Waals surface area contributed by atoms with Gasteiger partial charge in [0.15, 0.2) is 23.3 Å². The Balaban J connectivity index is 0.00000196. The Morgan fingerprint density at radius 1 is 0.800 bits per heavy atom. The van der Waals surface area contributed by atoms with Crippen LogP contribution in [0.3, 0.4) is 0 Å². The number of aromatic carboxylic acids is 1. The Hall–Kier alpha value is -0.0236. The van der Waals surface area contributed by atoms with Gasteiger partial charge in [0.25, 0.3) is 0 Å². The maximum atomic E-state index is 12.5. The van der Waals surface area contributed by atoms with E-state index in [1.165, 1.54) is 0 Å². The summed E-state index contributed by atoms with van der Waals surface area (Å²) in [5.41, 5.74) is -1.97. The molecular weight excluding hydrogens is 250 g/mol. The van der Waals surface area contributed by atoms with Gasteiger partial charge in [0.05, 0.1) is 11.5 Å². The van der Waals surface area contributed by atoms with Crippen LogP contribution in [-0.2, 0) is 0 Å². The summed E-state index contributed by atoms with van der Waals surface area (Å²) in [6, 6.07) is 0. The fraction of sp³-hybridized carbons (Fsp3) is 0. The van der Waals surface area contributed by atoms with Gasteiger partial charge in [-0.25, -0.2) is 22.0 Å². The zero-order valence-corrected chi connectivity index (χ0v) is 10.3. The van der Waals surface area contributed by atoms with Crippen LogP contribution in [-0.4, -0.2) is 5.97 Å². The summed E-state index contributed by atoms with van der Waals surface area (Å²) in [6.07, 6.45) is 0. The fourth-order valence-corrected chi connectivity index (χ4v) is 0.784. The Bertz CT molecular complexity index is 391. The maximum Gasteiger partial charge on any atom is 1.00 e. The molecule has 0 saturated heterocycles. The number of rotatable bonds is 1. The Morgan fingerprint density at radius 3 is 1.33 bits per heavy atom. The number of carbonyl (C=O) groups is 1. The van der Waals surface area contributed by atoms with Crippen LogP contribution in [0.1, 0.15) is 10.4 Å². The number of halogens is 5. The summed E-state index contributed by atoms with van der Waals surface area (Å²) in [5.74, 6) is -14.4. The molecule has 0 amide bonds. The minimum Gasteiger partial charge on any atom is -0.545 e. The fourth-order valence-electron chi connectivity index (χ4n) is 0.784. The SMILES string of the molecule is O=C([O-])c1c(F)c(F)c(F)c(F)c1F.[K+]. The summed E-state index contributed by atoms with van der Waals surface area (Å²) >= 11 is 0. The molecule has 0 radical (unpaired) electrons. The average Bonchev–Trinajstić information content (AvgIpc) is 2.11. The van der Waals surface area contributed by atoms with E-state index in [1.807, 2.05) is 0 Å². The van der Waals surface area contributed by atoms with Gasteiger partial charge < -0.3 is 9.90 Å². The summed E-state index contributed by atoms with van der Waals surface area (Å²) in [7, 11) is 0. The van der Waals surface area contributed by atoms with Gasteiger partial charge in [0, 0.05) is 0 Å². The molecule has 0 N–H and O–H groups in total. The van der Waals surface area contributed by atoms with Crippen LogP contribution >= 0.6 is 0 Å². The van der Waals surface area contributed by atoms with Gasteiger partial charge in [-0.05, 0) is 0 Å². The van der Waals surface area contributed by atoms with E-state index in [9.17, 15) is 31.9 Å². The summed E-state index contributed by atoms with van der Waals surface area (Å²) in [5, 5.41) is 10.0. The minimum absolute atomic E-state index is 0. The minimum atomic E-state index is -2.47. The third-order valence-electron chi connectivity index (χ3n) is 1.41. The second kappa shape index (κ2) is 5.35. The van der Waals surface area contributed by atoms with Gasteiger partial charge in [0.1, 0.15) is 0 Å². The maximum absolute atomic E-state index is 12.5. The number of carboxylic acids is 1. The molecule has 0 aliphatic carbocycles. The molecule has 1 aromatic rings. The number of hydrogen-bond donors (Lipinski definition) is 0. The molecule has 0 heterocycles. The van der Waals surface area contributed by atoms with Gasteiger partial charge in [-0.15, -0.1) is 0 Å². The smallest absolute Gasteiger partial charge is 0.545 e. The molecule has 2 nitrogen and oxygen atoms in total. The topological polar surface area (TPSA) is 40.1 Å². The number of carboxylic acid groups (broad SMARTS) is 1. The van der Waals surface area contributed by atoms with Crippen molar-refractivity contribution >= 4 is 5.97 Å². The Kier molecular flexibility index (Phi) is 5.34. The molecule has 0 saturated carbocycles. The van der Waals surface area contributed by atoms with Crippen molar-refractivity contribution in [2.45, 2.75) is 0 Å². The molecule has 0 aliphatic rings.